The summed E-state index contributed by atoms with van der Waals surface area (Å²) in [6.45, 7) is 0. The fraction of sp³-hybridized carbons (Fsp3) is 0.111. The lowest BCUT2D eigenvalue weighted by molar-refractivity contribution is 0.0987. The van der Waals surface area contributed by atoms with Crippen molar-refractivity contribution in [2.45, 2.75) is 6.42 Å². The Morgan fingerprint density at radius 1 is 1.26 bits per heavy atom. The molecule has 0 fully saturated rings. The second-order valence-electron chi connectivity index (χ2n) is 5.41. The average Bonchev–Trinajstić information content (AvgIpc) is 3.14. The smallest absolute Gasteiger partial charge is 0.182 e. The number of amidine groups is 1. The Bertz CT molecular complexity index is 987. The van der Waals surface area contributed by atoms with E-state index >= 15 is 0 Å². The summed E-state index contributed by atoms with van der Waals surface area (Å²) in [7, 11) is 1.49. The highest BCUT2D eigenvalue weighted by molar-refractivity contribution is 6.30. The summed E-state index contributed by atoms with van der Waals surface area (Å²) < 4.78 is 9.95. The Kier molecular flexibility index (Phi) is 5.80. The van der Waals surface area contributed by atoms with E-state index in [0.717, 1.165) is 0 Å². The number of nitrogens with zero attached hydrogens (tertiary/aromatic N) is 3. The number of carbonyl (C=O) groups excluding carboxylic acids is 1. The van der Waals surface area contributed by atoms with Crippen LogP contribution in [0.1, 0.15) is 21.7 Å². The predicted molar refractivity (Wildman–Crippen MR) is 97.9 cm³/mol. The van der Waals surface area contributed by atoms with Crippen LogP contribution in [0.4, 0.5) is 5.69 Å². The molecule has 0 bridgehead atoms. The normalized spacial score (nSPS) is 11.3. The summed E-state index contributed by atoms with van der Waals surface area (Å²) in [5, 5.41) is 17.4. The van der Waals surface area contributed by atoms with Crippen LogP contribution in [0.5, 0.6) is 5.75 Å². The van der Waals surface area contributed by atoms with E-state index < -0.39 is 0 Å². The van der Waals surface area contributed by atoms with Gasteiger partial charge in [0.15, 0.2) is 17.3 Å². The van der Waals surface area contributed by atoms with E-state index in [-0.39, 0.29) is 29.4 Å². The van der Waals surface area contributed by atoms with Gasteiger partial charge in [-0.05, 0) is 35.5 Å². The molecule has 1 heterocycles. The van der Waals surface area contributed by atoms with Crippen molar-refractivity contribution in [3.63, 3.8) is 0 Å². The number of para-hydroxylation sites is 1. The van der Waals surface area contributed by atoms with Gasteiger partial charge < -0.3 is 4.74 Å². The Balaban J connectivity index is 1.89. The molecule has 3 aromatic rings. The van der Waals surface area contributed by atoms with Crippen LogP contribution < -0.4 is 10.2 Å². The van der Waals surface area contributed by atoms with Crippen LogP contribution in [-0.2, 0) is 6.42 Å². The zero-order chi connectivity index (χ0) is 19.2. The van der Waals surface area contributed by atoms with Gasteiger partial charge in [0.25, 0.3) is 0 Å². The number of ether oxygens (including phenoxy) is 1. The molecular formula is C18H15ClN4O4. The Morgan fingerprint density at radius 2 is 2.07 bits per heavy atom. The van der Waals surface area contributed by atoms with Gasteiger partial charge in [0, 0.05) is 5.02 Å². The number of rotatable bonds is 6. The molecule has 0 radical (unpaired) electrons. The molecule has 0 atom stereocenters. The SMILES string of the molecule is COc1ccccc1C(=O)Cc1nonc1C(=Nc1cccc(Cl)c1)NO. The minimum absolute atomic E-state index is 0.0265. The van der Waals surface area contributed by atoms with Crippen molar-refractivity contribution in [2.24, 2.45) is 4.99 Å². The zero-order valence-electron chi connectivity index (χ0n) is 14.2. The standard InChI is InChI=1S/C18H15ClN4O4/c1-26-16-8-3-2-7-13(16)15(24)10-14-17(23-27-22-14)18(21-25)20-12-6-4-5-11(19)9-12/h2-9,25H,10H2,1H3,(H,20,21). The molecule has 0 saturated heterocycles. The predicted octanol–water partition coefficient (Wildman–Crippen LogP) is 3.21. The molecule has 9 heteroatoms. The number of hydroxylamine groups is 1. The Labute approximate surface area is 159 Å². The third kappa shape index (κ3) is 4.30. The van der Waals surface area contributed by atoms with Gasteiger partial charge in [-0.2, -0.15) is 0 Å². The Hall–Kier alpha value is -3.23. The molecular weight excluding hydrogens is 372 g/mol. The first-order valence-corrected chi connectivity index (χ1v) is 8.22. The molecule has 2 aromatic carbocycles. The van der Waals surface area contributed by atoms with Crippen molar-refractivity contribution < 1.29 is 19.4 Å². The first-order chi connectivity index (χ1) is 13.1. The lowest BCUT2D eigenvalue weighted by atomic mass is 10.0. The highest BCUT2D eigenvalue weighted by atomic mass is 35.5. The van der Waals surface area contributed by atoms with Crippen molar-refractivity contribution in [2.75, 3.05) is 7.11 Å². The molecule has 0 unspecified atom stereocenters. The summed E-state index contributed by atoms with van der Waals surface area (Å²) in [4.78, 5) is 16.9. The van der Waals surface area contributed by atoms with E-state index in [4.69, 9.17) is 21.0 Å². The van der Waals surface area contributed by atoms with Gasteiger partial charge in [-0.25, -0.2) is 9.62 Å². The molecule has 0 amide bonds. The number of hydrogen-bond donors (Lipinski definition) is 2. The lowest BCUT2D eigenvalue weighted by Crippen LogP contribution is -2.22. The molecule has 27 heavy (non-hydrogen) atoms. The molecule has 8 nitrogen and oxygen atoms in total. The number of methoxy groups -OCH3 is 1. The summed E-state index contributed by atoms with van der Waals surface area (Å²) in [6.07, 6.45) is -0.116. The van der Waals surface area contributed by atoms with Gasteiger partial charge in [0.1, 0.15) is 11.4 Å². The minimum atomic E-state index is -0.246. The van der Waals surface area contributed by atoms with E-state index in [1.807, 2.05) is 5.48 Å². The summed E-state index contributed by atoms with van der Waals surface area (Å²) in [5.41, 5.74) is 3.16. The summed E-state index contributed by atoms with van der Waals surface area (Å²) >= 11 is 5.94. The molecule has 0 aliphatic heterocycles. The molecule has 0 aliphatic carbocycles. The number of benzene rings is 2. The third-order valence-corrected chi connectivity index (χ3v) is 3.91. The van der Waals surface area contributed by atoms with Crippen LogP contribution in [0.3, 0.4) is 0 Å². The number of halogens is 1. The van der Waals surface area contributed by atoms with E-state index in [1.165, 1.54) is 7.11 Å². The molecule has 0 saturated carbocycles. The molecule has 1 aromatic heterocycles. The topological polar surface area (TPSA) is 110 Å². The van der Waals surface area contributed by atoms with E-state index in [2.05, 4.69) is 15.3 Å². The quantitative estimate of drug-likeness (QED) is 0.289. The van der Waals surface area contributed by atoms with Crippen molar-refractivity contribution in [3.8, 4) is 5.75 Å². The first kappa shape index (κ1) is 18.6. The number of aliphatic imine (C=N–C) groups is 1. The van der Waals surface area contributed by atoms with Crippen LogP contribution >= 0.6 is 11.6 Å². The maximum atomic E-state index is 12.6. The van der Waals surface area contributed by atoms with Gasteiger partial charge in [0.2, 0.25) is 0 Å². The number of carbonyl (C=O) groups is 1. The van der Waals surface area contributed by atoms with Gasteiger partial charge in [-0.15, -0.1) is 0 Å². The van der Waals surface area contributed by atoms with Crippen LogP contribution in [0.25, 0.3) is 0 Å². The second kappa shape index (κ2) is 8.43. The van der Waals surface area contributed by atoms with Crippen molar-refractivity contribution in [1.29, 1.82) is 0 Å². The highest BCUT2D eigenvalue weighted by Crippen LogP contribution is 2.21. The van der Waals surface area contributed by atoms with Crippen molar-refractivity contribution in [3.05, 3.63) is 70.5 Å². The van der Waals surface area contributed by atoms with Crippen LogP contribution in [0.2, 0.25) is 5.02 Å². The number of ketones is 1. The number of nitrogens with one attached hydrogen (secondary N) is 1. The van der Waals surface area contributed by atoms with Crippen molar-refractivity contribution >= 4 is 28.9 Å². The summed E-state index contributed by atoms with van der Waals surface area (Å²) in [5.74, 6) is 0.180. The van der Waals surface area contributed by atoms with E-state index in [0.29, 0.717) is 22.0 Å². The van der Waals surface area contributed by atoms with Crippen LogP contribution in [0, 0.1) is 0 Å². The summed E-state index contributed by atoms with van der Waals surface area (Å²) in [6, 6.07) is 13.5. The van der Waals surface area contributed by atoms with E-state index in [9.17, 15) is 10.0 Å². The lowest BCUT2D eigenvalue weighted by Gasteiger charge is -2.07. The monoisotopic (exact) mass is 386 g/mol. The highest BCUT2D eigenvalue weighted by Gasteiger charge is 2.21. The van der Waals surface area contributed by atoms with Gasteiger partial charge in [-0.3, -0.25) is 15.5 Å². The first-order valence-electron chi connectivity index (χ1n) is 7.84. The van der Waals surface area contributed by atoms with Crippen molar-refractivity contribution in [1.82, 2.24) is 15.8 Å². The molecule has 138 valence electrons. The largest absolute Gasteiger partial charge is 0.496 e. The number of Topliss-reactive ketones (excluding diaryl/α,β-unsaturated/α-hetero) is 1. The third-order valence-electron chi connectivity index (χ3n) is 3.67. The van der Waals surface area contributed by atoms with Crippen LogP contribution in [0.15, 0.2) is 58.2 Å². The van der Waals surface area contributed by atoms with Gasteiger partial charge in [-0.1, -0.05) is 35.0 Å². The average molecular weight is 387 g/mol. The maximum absolute atomic E-state index is 12.6. The second-order valence-corrected chi connectivity index (χ2v) is 5.85. The van der Waals surface area contributed by atoms with E-state index in [1.54, 1.807) is 48.5 Å². The Morgan fingerprint density at radius 3 is 2.81 bits per heavy atom. The fourth-order valence-electron chi connectivity index (χ4n) is 2.43. The maximum Gasteiger partial charge on any atom is 0.182 e. The zero-order valence-corrected chi connectivity index (χ0v) is 15.0. The molecule has 0 spiro atoms. The van der Waals surface area contributed by atoms with Gasteiger partial charge >= 0.3 is 0 Å². The minimum Gasteiger partial charge on any atom is -0.496 e. The molecule has 3 rings (SSSR count). The number of aromatic nitrogens is 2. The number of hydrogen-bond acceptors (Lipinski definition) is 7. The molecule has 2 N–H and O–H groups in total. The van der Waals surface area contributed by atoms with Gasteiger partial charge in [0.05, 0.1) is 24.8 Å². The van der Waals surface area contributed by atoms with Crippen LogP contribution in [-0.4, -0.2) is 34.2 Å². The molecule has 0 aliphatic rings. The fourth-order valence-corrected chi connectivity index (χ4v) is 2.61.